The number of anilines is 1. The average molecular weight is 275 g/mol. The van der Waals surface area contributed by atoms with Gasteiger partial charge in [0.15, 0.2) is 0 Å². The highest BCUT2D eigenvalue weighted by Gasteiger charge is 2.10. The molecule has 3 nitrogen and oxygen atoms in total. The minimum atomic E-state index is -0.413. The highest BCUT2D eigenvalue weighted by molar-refractivity contribution is 7.80. The van der Waals surface area contributed by atoms with Crippen molar-refractivity contribution in [3.8, 4) is 0 Å². The van der Waals surface area contributed by atoms with Crippen LogP contribution in [-0.4, -0.2) is 9.97 Å². The number of aromatic nitrogens is 1. The molecule has 0 spiro atoms. The number of hydrogen-bond acceptors (Lipinski definition) is 3. The van der Waals surface area contributed by atoms with E-state index in [-0.39, 0.29) is 10.6 Å². The van der Waals surface area contributed by atoms with Crippen LogP contribution in [0.1, 0.15) is 16.7 Å². The molecule has 19 heavy (non-hydrogen) atoms. The molecule has 0 aliphatic carbocycles. The zero-order chi connectivity index (χ0) is 13.8. The Balaban J connectivity index is 2.23. The molecule has 0 aliphatic rings. The second kappa shape index (κ2) is 5.75. The third kappa shape index (κ3) is 3.06. The number of hydrogen-bond donors (Lipinski definition) is 2. The summed E-state index contributed by atoms with van der Waals surface area (Å²) in [6, 6.07) is 6.65. The minimum absolute atomic E-state index is 0.0482. The molecule has 1 heterocycles. The molecule has 2 aromatic rings. The van der Waals surface area contributed by atoms with E-state index in [1.54, 1.807) is 24.5 Å². The van der Waals surface area contributed by atoms with Crippen LogP contribution in [0.25, 0.3) is 0 Å². The van der Waals surface area contributed by atoms with Gasteiger partial charge >= 0.3 is 0 Å². The number of benzene rings is 1. The third-order valence-corrected chi connectivity index (χ3v) is 3.07. The Labute approximate surface area is 116 Å². The molecule has 0 bridgehead atoms. The quantitative estimate of drug-likeness (QED) is 0.842. The Morgan fingerprint density at radius 2 is 2.21 bits per heavy atom. The van der Waals surface area contributed by atoms with Crippen LogP contribution in [-0.2, 0) is 6.54 Å². The summed E-state index contributed by atoms with van der Waals surface area (Å²) in [7, 11) is 0. The molecule has 5 heteroatoms. The van der Waals surface area contributed by atoms with Crippen molar-refractivity contribution >= 4 is 22.9 Å². The third-order valence-electron chi connectivity index (χ3n) is 2.87. The first-order chi connectivity index (χ1) is 9.09. The molecule has 0 unspecified atom stereocenters. The van der Waals surface area contributed by atoms with E-state index in [0.717, 1.165) is 11.1 Å². The van der Waals surface area contributed by atoms with E-state index in [2.05, 4.69) is 10.3 Å². The summed E-state index contributed by atoms with van der Waals surface area (Å²) in [5, 5.41) is 3.16. The summed E-state index contributed by atoms with van der Waals surface area (Å²) in [5.74, 6) is -0.413. The normalized spacial score (nSPS) is 10.2. The molecule has 2 rings (SSSR count). The largest absolute Gasteiger partial charge is 0.389 e. The lowest BCUT2D eigenvalue weighted by Crippen LogP contribution is -2.15. The fourth-order valence-electron chi connectivity index (χ4n) is 1.81. The Hall–Kier alpha value is -2.01. The predicted molar refractivity (Wildman–Crippen MR) is 78.6 cm³/mol. The second-order valence-corrected chi connectivity index (χ2v) is 4.62. The molecule has 0 saturated heterocycles. The van der Waals surface area contributed by atoms with Gasteiger partial charge < -0.3 is 11.1 Å². The maximum absolute atomic E-state index is 13.7. The summed E-state index contributed by atoms with van der Waals surface area (Å²) in [6.07, 6.45) is 3.52. The van der Waals surface area contributed by atoms with Crippen LogP contribution in [0.15, 0.2) is 36.7 Å². The van der Waals surface area contributed by atoms with Gasteiger partial charge in [0.2, 0.25) is 0 Å². The fraction of sp³-hybridized carbons (Fsp3) is 0.143. The maximum Gasteiger partial charge on any atom is 0.135 e. The number of nitrogens with zero attached hydrogens (tertiary/aromatic N) is 1. The van der Waals surface area contributed by atoms with Crippen LogP contribution in [0.2, 0.25) is 0 Å². The minimum Gasteiger partial charge on any atom is -0.389 e. The topological polar surface area (TPSA) is 50.9 Å². The molecule has 0 atom stereocenters. The first-order valence-corrected chi connectivity index (χ1v) is 6.22. The maximum atomic E-state index is 13.7. The zero-order valence-electron chi connectivity index (χ0n) is 10.5. The van der Waals surface area contributed by atoms with E-state index >= 15 is 0 Å². The highest BCUT2D eigenvalue weighted by Crippen LogP contribution is 2.20. The number of aryl methyl sites for hydroxylation is 1. The number of pyridine rings is 1. The number of thiocarbonyl (C=S) groups is 1. The van der Waals surface area contributed by atoms with Gasteiger partial charge in [0.1, 0.15) is 10.8 Å². The molecule has 3 N–H and O–H groups in total. The van der Waals surface area contributed by atoms with E-state index in [4.69, 9.17) is 18.0 Å². The molecule has 1 aromatic heterocycles. The van der Waals surface area contributed by atoms with E-state index in [1.807, 2.05) is 13.0 Å². The number of rotatable bonds is 4. The Morgan fingerprint density at radius 1 is 1.42 bits per heavy atom. The molecular weight excluding hydrogens is 261 g/mol. The van der Waals surface area contributed by atoms with E-state index in [0.29, 0.717) is 12.2 Å². The lowest BCUT2D eigenvalue weighted by atomic mass is 10.1. The van der Waals surface area contributed by atoms with Gasteiger partial charge in [-0.15, -0.1) is 0 Å². The summed E-state index contributed by atoms with van der Waals surface area (Å²) in [4.78, 5) is 4.08. The van der Waals surface area contributed by atoms with Gasteiger partial charge in [0.05, 0.1) is 5.56 Å². The van der Waals surface area contributed by atoms with Gasteiger partial charge in [0, 0.05) is 24.6 Å². The summed E-state index contributed by atoms with van der Waals surface area (Å²) < 4.78 is 13.7. The van der Waals surface area contributed by atoms with Gasteiger partial charge in [-0.05, 0) is 36.2 Å². The summed E-state index contributed by atoms with van der Waals surface area (Å²) in [6.45, 7) is 2.54. The van der Waals surface area contributed by atoms with Crippen molar-refractivity contribution in [2.75, 3.05) is 5.32 Å². The zero-order valence-corrected chi connectivity index (χ0v) is 11.3. The Kier molecular flexibility index (Phi) is 4.06. The summed E-state index contributed by atoms with van der Waals surface area (Å²) >= 11 is 4.88. The second-order valence-electron chi connectivity index (χ2n) is 4.18. The van der Waals surface area contributed by atoms with Crippen LogP contribution in [0.4, 0.5) is 10.1 Å². The van der Waals surface area contributed by atoms with Crippen LogP contribution in [0.3, 0.4) is 0 Å². The first kappa shape index (κ1) is 13.4. The van der Waals surface area contributed by atoms with Crippen molar-refractivity contribution in [2.24, 2.45) is 5.73 Å². The molecule has 98 valence electrons. The highest BCUT2D eigenvalue weighted by atomic mass is 32.1. The molecule has 0 saturated carbocycles. The van der Waals surface area contributed by atoms with Gasteiger partial charge in [-0.3, -0.25) is 4.98 Å². The van der Waals surface area contributed by atoms with Crippen molar-refractivity contribution in [1.29, 1.82) is 0 Å². The first-order valence-electron chi connectivity index (χ1n) is 5.81. The lowest BCUT2D eigenvalue weighted by molar-refractivity contribution is 0.626. The van der Waals surface area contributed by atoms with Gasteiger partial charge in [-0.25, -0.2) is 4.39 Å². The molecular formula is C14H14FN3S. The standard InChI is InChI=1S/C14H14FN3S/c1-9-7-17-6-5-10(9)8-18-12-4-2-3-11(15)13(12)14(16)19/h2-7,18H,8H2,1H3,(H2,16,19). The van der Waals surface area contributed by atoms with Crippen LogP contribution >= 0.6 is 12.2 Å². The van der Waals surface area contributed by atoms with Crippen molar-refractivity contribution in [1.82, 2.24) is 4.98 Å². The number of nitrogens with two attached hydrogens (primary N) is 1. The van der Waals surface area contributed by atoms with Gasteiger partial charge in [-0.2, -0.15) is 0 Å². The van der Waals surface area contributed by atoms with Gasteiger partial charge in [0.25, 0.3) is 0 Å². The molecule has 0 fully saturated rings. The van der Waals surface area contributed by atoms with Gasteiger partial charge in [-0.1, -0.05) is 18.3 Å². The van der Waals surface area contributed by atoms with Crippen molar-refractivity contribution in [3.63, 3.8) is 0 Å². The molecule has 0 amide bonds. The Morgan fingerprint density at radius 3 is 2.89 bits per heavy atom. The summed E-state index contributed by atoms with van der Waals surface area (Å²) in [5.41, 5.74) is 8.57. The van der Waals surface area contributed by atoms with Crippen LogP contribution < -0.4 is 11.1 Å². The van der Waals surface area contributed by atoms with Crippen LogP contribution in [0.5, 0.6) is 0 Å². The number of nitrogens with one attached hydrogen (secondary N) is 1. The smallest absolute Gasteiger partial charge is 0.135 e. The lowest BCUT2D eigenvalue weighted by Gasteiger charge is -2.13. The van der Waals surface area contributed by atoms with Crippen molar-refractivity contribution in [2.45, 2.75) is 13.5 Å². The van der Waals surface area contributed by atoms with E-state index in [1.165, 1.54) is 6.07 Å². The van der Waals surface area contributed by atoms with E-state index < -0.39 is 5.82 Å². The molecule has 0 radical (unpaired) electrons. The van der Waals surface area contributed by atoms with Crippen LogP contribution in [0, 0.1) is 12.7 Å². The van der Waals surface area contributed by atoms with Crippen molar-refractivity contribution < 1.29 is 4.39 Å². The molecule has 1 aromatic carbocycles. The monoisotopic (exact) mass is 275 g/mol. The van der Waals surface area contributed by atoms with Crippen molar-refractivity contribution in [3.05, 3.63) is 59.2 Å². The Bertz CT molecular complexity index is 613. The number of halogens is 1. The fourth-order valence-corrected chi connectivity index (χ4v) is 2.02. The average Bonchev–Trinajstić information content (AvgIpc) is 2.37. The SMILES string of the molecule is Cc1cnccc1CNc1cccc(F)c1C(N)=S. The predicted octanol–water partition coefficient (Wildman–Crippen LogP) is 2.78. The molecule has 0 aliphatic heterocycles. The van der Waals surface area contributed by atoms with E-state index in [9.17, 15) is 4.39 Å².